The molecule has 0 atom stereocenters. The van der Waals surface area contributed by atoms with E-state index in [1.165, 1.54) is 12.4 Å². The molecule has 0 fully saturated rings. The molecule has 0 bridgehead atoms. The van der Waals surface area contributed by atoms with Gasteiger partial charge in [-0.2, -0.15) is 20.5 Å². The zero-order valence-corrected chi connectivity index (χ0v) is 10.3. The molecule has 0 aliphatic rings. The zero-order valence-electron chi connectivity index (χ0n) is 10.3. The van der Waals surface area contributed by atoms with Gasteiger partial charge in [0.05, 0.1) is 12.4 Å². The van der Waals surface area contributed by atoms with Crippen molar-refractivity contribution < 1.29 is 9.53 Å². The Morgan fingerprint density at radius 3 is 2.67 bits per heavy atom. The van der Waals surface area contributed by atoms with Crippen LogP contribution in [0.4, 0.5) is 0 Å². The first-order valence-corrected chi connectivity index (χ1v) is 5.38. The zero-order chi connectivity index (χ0) is 13.2. The highest BCUT2D eigenvalue weighted by Gasteiger charge is 2.24. The van der Waals surface area contributed by atoms with Gasteiger partial charge < -0.3 is 4.74 Å². The maximum Gasteiger partial charge on any atom is 0.361 e. The lowest BCUT2D eigenvalue weighted by Crippen LogP contribution is -2.24. The van der Waals surface area contributed by atoms with Gasteiger partial charge in [-0.05, 0) is 26.8 Å². The summed E-state index contributed by atoms with van der Waals surface area (Å²) in [6, 6.07) is 1.69. The van der Waals surface area contributed by atoms with Gasteiger partial charge in [-0.1, -0.05) is 0 Å². The van der Waals surface area contributed by atoms with Crippen molar-refractivity contribution in [2.24, 2.45) is 0 Å². The van der Waals surface area contributed by atoms with Gasteiger partial charge in [0.25, 0.3) is 0 Å². The Kier molecular flexibility index (Phi) is 3.05. The van der Waals surface area contributed by atoms with Crippen LogP contribution in [0.25, 0.3) is 11.3 Å². The van der Waals surface area contributed by atoms with E-state index in [9.17, 15) is 4.79 Å². The van der Waals surface area contributed by atoms with Gasteiger partial charge in [-0.15, -0.1) is 5.10 Å². The Balaban J connectivity index is 2.32. The van der Waals surface area contributed by atoms with Crippen LogP contribution >= 0.6 is 0 Å². The third-order valence-corrected chi connectivity index (χ3v) is 2.00. The molecule has 0 aromatic carbocycles. The fourth-order valence-electron chi connectivity index (χ4n) is 1.33. The first-order chi connectivity index (χ1) is 8.47. The smallest absolute Gasteiger partial charge is 0.361 e. The number of H-pyrrole nitrogens is 1. The molecule has 7 nitrogen and oxygen atoms in total. The number of esters is 1. The van der Waals surface area contributed by atoms with E-state index in [4.69, 9.17) is 4.74 Å². The highest BCUT2D eigenvalue weighted by Crippen LogP contribution is 2.20. The van der Waals surface area contributed by atoms with E-state index >= 15 is 0 Å². The van der Waals surface area contributed by atoms with E-state index < -0.39 is 11.6 Å². The molecule has 94 valence electrons. The number of ether oxygens (including phenoxy) is 1. The molecule has 0 amide bonds. The topological polar surface area (TPSA) is 93.7 Å². The van der Waals surface area contributed by atoms with Gasteiger partial charge in [0.1, 0.15) is 11.3 Å². The fourth-order valence-corrected chi connectivity index (χ4v) is 1.33. The Bertz CT molecular complexity index is 544. The van der Waals surface area contributed by atoms with Crippen molar-refractivity contribution in [1.82, 2.24) is 25.6 Å². The molecule has 2 rings (SSSR count). The summed E-state index contributed by atoms with van der Waals surface area (Å²) < 4.78 is 5.25. The summed E-state index contributed by atoms with van der Waals surface area (Å²) >= 11 is 0. The minimum atomic E-state index is -0.580. The summed E-state index contributed by atoms with van der Waals surface area (Å²) in [6.07, 6.45) is 3.02. The molecule has 2 heterocycles. The largest absolute Gasteiger partial charge is 0.455 e. The molecule has 2 aromatic heterocycles. The van der Waals surface area contributed by atoms with Crippen LogP contribution in [0.15, 0.2) is 18.5 Å². The second kappa shape index (κ2) is 4.52. The monoisotopic (exact) mass is 247 g/mol. The lowest BCUT2D eigenvalue weighted by Gasteiger charge is -2.18. The molecule has 18 heavy (non-hydrogen) atoms. The first kappa shape index (κ1) is 12.2. The molecule has 2 aromatic rings. The highest BCUT2D eigenvalue weighted by molar-refractivity contribution is 5.93. The Labute approximate surface area is 104 Å². The number of nitrogens with zero attached hydrogens (tertiary/aromatic N) is 4. The SMILES string of the molecule is CC(C)(C)OC(=O)c1n[nH]nc1-c1ccnnc1. The maximum atomic E-state index is 11.9. The van der Waals surface area contributed by atoms with Gasteiger partial charge in [0.15, 0.2) is 5.69 Å². The van der Waals surface area contributed by atoms with Crippen LogP contribution in [0.5, 0.6) is 0 Å². The summed E-state index contributed by atoms with van der Waals surface area (Å²) in [5.41, 5.74) is 0.612. The lowest BCUT2D eigenvalue weighted by atomic mass is 10.1. The van der Waals surface area contributed by atoms with E-state index in [0.717, 1.165) is 0 Å². The molecular weight excluding hydrogens is 234 g/mol. The first-order valence-electron chi connectivity index (χ1n) is 5.38. The second-order valence-corrected chi connectivity index (χ2v) is 4.65. The Hall–Kier alpha value is -2.31. The van der Waals surface area contributed by atoms with Crippen molar-refractivity contribution in [3.8, 4) is 11.3 Å². The summed E-state index contributed by atoms with van der Waals surface area (Å²) in [5, 5.41) is 17.6. The Morgan fingerprint density at radius 2 is 2.06 bits per heavy atom. The lowest BCUT2D eigenvalue weighted by molar-refractivity contribution is 0.00637. The highest BCUT2D eigenvalue weighted by atomic mass is 16.6. The maximum absolute atomic E-state index is 11.9. The van der Waals surface area contributed by atoms with Gasteiger partial charge >= 0.3 is 5.97 Å². The quantitative estimate of drug-likeness (QED) is 0.802. The third kappa shape index (κ3) is 2.68. The second-order valence-electron chi connectivity index (χ2n) is 4.65. The molecule has 0 aliphatic carbocycles. The van der Waals surface area contributed by atoms with Crippen molar-refractivity contribution in [1.29, 1.82) is 0 Å². The van der Waals surface area contributed by atoms with Gasteiger partial charge in [-0.3, -0.25) is 0 Å². The van der Waals surface area contributed by atoms with Crippen molar-refractivity contribution in [2.45, 2.75) is 26.4 Å². The number of hydrogen-bond acceptors (Lipinski definition) is 6. The van der Waals surface area contributed by atoms with Gasteiger partial charge in [0.2, 0.25) is 0 Å². The van der Waals surface area contributed by atoms with E-state index in [0.29, 0.717) is 11.3 Å². The summed E-state index contributed by atoms with van der Waals surface area (Å²) in [6.45, 7) is 5.37. The van der Waals surface area contributed by atoms with Crippen LogP contribution in [-0.2, 0) is 4.74 Å². The van der Waals surface area contributed by atoms with Crippen molar-refractivity contribution in [3.05, 3.63) is 24.2 Å². The predicted molar refractivity (Wildman–Crippen MR) is 62.6 cm³/mol. The van der Waals surface area contributed by atoms with Crippen molar-refractivity contribution >= 4 is 5.97 Å². The fraction of sp³-hybridized carbons (Fsp3) is 0.364. The normalized spacial score (nSPS) is 11.3. The van der Waals surface area contributed by atoms with Crippen molar-refractivity contribution in [2.75, 3.05) is 0 Å². The average molecular weight is 247 g/mol. The van der Waals surface area contributed by atoms with Gasteiger partial charge in [-0.25, -0.2) is 4.79 Å². The minimum Gasteiger partial charge on any atom is -0.455 e. The Morgan fingerprint density at radius 1 is 1.28 bits per heavy atom. The van der Waals surface area contributed by atoms with E-state index in [-0.39, 0.29) is 5.69 Å². The molecule has 0 unspecified atom stereocenters. The van der Waals surface area contributed by atoms with Crippen LogP contribution in [0, 0.1) is 0 Å². The molecule has 0 radical (unpaired) electrons. The summed E-state index contributed by atoms with van der Waals surface area (Å²) in [7, 11) is 0. The number of hydrogen-bond donors (Lipinski definition) is 1. The molecule has 1 N–H and O–H groups in total. The van der Waals surface area contributed by atoms with Gasteiger partial charge in [0, 0.05) is 5.56 Å². The number of aromatic amines is 1. The molecule has 0 saturated carbocycles. The van der Waals surface area contributed by atoms with Crippen LogP contribution in [0.2, 0.25) is 0 Å². The van der Waals surface area contributed by atoms with E-state index in [2.05, 4.69) is 25.6 Å². The number of carbonyl (C=O) groups is 1. The molecule has 0 spiro atoms. The molecule has 0 aliphatic heterocycles. The van der Waals surface area contributed by atoms with Crippen LogP contribution in [0.3, 0.4) is 0 Å². The number of rotatable bonds is 2. The molecule has 7 heteroatoms. The predicted octanol–water partition coefficient (Wildman–Crippen LogP) is 1.22. The number of aromatic nitrogens is 5. The minimum absolute atomic E-state index is 0.137. The van der Waals surface area contributed by atoms with Crippen LogP contribution in [0.1, 0.15) is 31.3 Å². The van der Waals surface area contributed by atoms with Crippen LogP contribution in [-0.4, -0.2) is 37.2 Å². The summed E-state index contributed by atoms with van der Waals surface area (Å²) in [5.74, 6) is -0.525. The van der Waals surface area contributed by atoms with Crippen LogP contribution < -0.4 is 0 Å². The summed E-state index contributed by atoms with van der Waals surface area (Å²) in [4.78, 5) is 11.9. The average Bonchev–Trinajstić information content (AvgIpc) is 2.76. The third-order valence-electron chi connectivity index (χ3n) is 2.00. The number of nitrogens with one attached hydrogen (secondary N) is 1. The van der Waals surface area contributed by atoms with E-state index in [1.54, 1.807) is 26.8 Å². The standard InChI is InChI=1S/C11H13N5O2/c1-11(2,3)18-10(17)9-8(14-16-15-9)7-4-5-12-13-6-7/h4-6H,1-3H3,(H,14,15,16). The molecule has 0 saturated heterocycles. The number of carbonyl (C=O) groups excluding carboxylic acids is 1. The molecular formula is C11H13N5O2. The van der Waals surface area contributed by atoms with Crippen molar-refractivity contribution in [3.63, 3.8) is 0 Å². The van der Waals surface area contributed by atoms with E-state index in [1.807, 2.05) is 0 Å².